The Hall–Kier alpha value is -1.07. The number of nitrogens with zero attached hydrogens (tertiary/aromatic N) is 2. The van der Waals surface area contributed by atoms with Gasteiger partial charge in [-0.25, -0.2) is 9.97 Å². The summed E-state index contributed by atoms with van der Waals surface area (Å²) in [4.78, 5) is 9.96. The van der Waals surface area contributed by atoms with E-state index in [1.165, 1.54) is 10.5 Å². The van der Waals surface area contributed by atoms with E-state index in [2.05, 4.69) is 69.3 Å². The lowest BCUT2D eigenvalue weighted by molar-refractivity contribution is 0.930. The van der Waals surface area contributed by atoms with Gasteiger partial charge in [-0.1, -0.05) is 36.4 Å². The van der Waals surface area contributed by atoms with Gasteiger partial charge in [0.05, 0.1) is 4.47 Å². The molecule has 2 rings (SSSR count). The Bertz CT molecular complexity index is 560. The van der Waals surface area contributed by atoms with E-state index in [9.17, 15) is 0 Å². The normalized spacial score (nSPS) is 10.5. The first-order valence-corrected chi connectivity index (χ1v) is 7.81. The fourth-order valence-corrected chi connectivity index (χ4v) is 2.87. The lowest BCUT2D eigenvalue weighted by Gasteiger charge is -2.07. The van der Waals surface area contributed by atoms with Gasteiger partial charge >= 0.3 is 0 Å². The molecule has 0 aliphatic carbocycles. The molecule has 100 valence electrons. The first-order chi connectivity index (χ1) is 9.19. The molecule has 0 bridgehead atoms. The molecule has 3 nitrogen and oxygen atoms in total. The maximum Gasteiger partial charge on any atom is 0.223 e. The number of hydrogen-bond donors (Lipinski definition) is 1. The molecule has 19 heavy (non-hydrogen) atoms. The molecule has 0 saturated carbocycles. The Morgan fingerprint density at radius 1 is 1.37 bits per heavy atom. The van der Waals surface area contributed by atoms with Gasteiger partial charge in [-0.3, -0.25) is 0 Å². The third kappa shape index (κ3) is 4.21. The molecule has 0 aliphatic heterocycles. The molecule has 1 N–H and O–H groups in total. The van der Waals surface area contributed by atoms with Crippen LogP contribution in [-0.2, 0) is 0 Å². The number of nitrogens with one attached hydrogen (secondary N) is 1. The van der Waals surface area contributed by atoms with Crippen molar-refractivity contribution in [2.24, 2.45) is 0 Å². The molecule has 0 saturated heterocycles. The molecule has 1 aromatic carbocycles. The van der Waals surface area contributed by atoms with Crippen LogP contribution in [0, 0.1) is 6.92 Å². The molecule has 0 amide bonds. The molecule has 0 aliphatic rings. The van der Waals surface area contributed by atoms with E-state index in [-0.39, 0.29) is 0 Å². The largest absolute Gasteiger partial charge is 0.354 e. The average molecular weight is 338 g/mol. The van der Waals surface area contributed by atoms with E-state index < -0.39 is 0 Å². The van der Waals surface area contributed by atoms with Crippen molar-refractivity contribution >= 4 is 33.6 Å². The monoisotopic (exact) mass is 337 g/mol. The predicted octanol–water partition coefficient (Wildman–Crippen LogP) is 4.52. The van der Waals surface area contributed by atoms with E-state index in [0.29, 0.717) is 5.95 Å². The number of benzene rings is 1. The van der Waals surface area contributed by atoms with Crippen LogP contribution < -0.4 is 5.32 Å². The highest BCUT2D eigenvalue weighted by Gasteiger charge is 2.07. The van der Waals surface area contributed by atoms with Crippen LogP contribution in [0.25, 0.3) is 0 Å². The summed E-state index contributed by atoms with van der Waals surface area (Å²) >= 11 is 5.14. The van der Waals surface area contributed by atoms with Crippen molar-refractivity contribution in [3.63, 3.8) is 0 Å². The maximum atomic E-state index is 4.53. The first-order valence-electron chi connectivity index (χ1n) is 6.20. The zero-order chi connectivity index (χ0) is 13.7. The highest BCUT2D eigenvalue weighted by atomic mass is 79.9. The minimum Gasteiger partial charge on any atom is -0.354 e. The number of halogens is 1. The van der Waals surface area contributed by atoms with Crippen LogP contribution in [0.4, 0.5) is 5.95 Å². The number of aromatic nitrogens is 2. The summed E-state index contributed by atoms with van der Waals surface area (Å²) in [5.74, 6) is 0.681. The second-order valence-electron chi connectivity index (χ2n) is 4.19. The quantitative estimate of drug-likeness (QED) is 0.814. The van der Waals surface area contributed by atoms with Crippen molar-refractivity contribution in [1.29, 1.82) is 0 Å². The third-order valence-corrected chi connectivity index (χ3v) is 4.29. The Balaban J connectivity index is 2.19. The Labute approximate surface area is 126 Å². The van der Waals surface area contributed by atoms with Crippen molar-refractivity contribution in [3.05, 3.63) is 40.5 Å². The molecule has 5 heteroatoms. The molecular formula is C14H16BrN3S. The Morgan fingerprint density at radius 3 is 2.95 bits per heavy atom. The van der Waals surface area contributed by atoms with Crippen molar-refractivity contribution in [2.75, 3.05) is 11.9 Å². The van der Waals surface area contributed by atoms with E-state index >= 15 is 0 Å². The van der Waals surface area contributed by atoms with Gasteiger partial charge < -0.3 is 5.32 Å². The Morgan fingerprint density at radius 2 is 2.21 bits per heavy atom. The van der Waals surface area contributed by atoms with Gasteiger partial charge in [-0.15, -0.1) is 0 Å². The lowest BCUT2D eigenvalue weighted by Crippen LogP contribution is -2.04. The number of hydrogen-bond acceptors (Lipinski definition) is 4. The van der Waals surface area contributed by atoms with Crippen LogP contribution >= 0.6 is 27.7 Å². The Kier molecular flexibility index (Phi) is 5.22. The molecule has 0 atom stereocenters. The molecule has 1 aromatic heterocycles. The van der Waals surface area contributed by atoms with E-state index in [4.69, 9.17) is 0 Å². The van der Waals surface area contributed by atoms with Gasteiger partial charge in [0.2, 0.25) is 5.95 Å². The summed E-state index contributed by atoms with van der Waals surface area (Å²) < 4.78 is 0.918. The van der Waals surface area contributed by atoms with Gasteiger partial charge in [0.15, 0.2) is 0 Å². The second-order valence-corrected chi connectivity index (χ2v) is 6.11. The topological polar surface area (TPSA) is 37.8 Å². The summed E-state index contributed by atoms with van der Waals surface area (Å²) in [6, 6.07) is 8.39. The second kappa shape index (κ2) is 6.91. The van der Waals surface area contributed by atoms with Crippen LogP contribution in [0.3, 0.4) is 0 Å². The van der Waals surface area contributed by atoms with Crippen molar-refractivity contribution in [1.82, 2.24) is 9.97 Å². The number of aryl methyl sites for hydroxylation is 1. The minimum absolute atomic E-state index is 0.681. The van der Waals surface area contributed by atoms with Gasteiger partial charge in [0.25, 0.3) is 0 Å². The van der Waals surface area contributed by atoms with E-state index in [1.807, 2.05) is 0 Å². The maximum absolute atomic E-state index is 4.53. The first kappa shape index (κ1) is 14.3. The molecule has 0 fully saturated rings. The fourth-order valence-electron chi connectivity index (χ4n) is 1.54. The molecule has 0 unspecified atom stereocenters. The smallest absolute Gasteiger partial charge is 0.223 e. The highest BCUT2D eigenvalue weighted by molar-refractivity contribution is 9.10. The third-order valence-electron chi connectivity index (χ3n) is 2.45. The van der Waals surface area contributed by atoms with Gasteiger partial charge in [-0.2, -0.15) is 0 Å². The van der Waals surface area contributed by atoms with Crippen LogP contribution in [0.15, 0.2) is 44.9 Å². The molecule has 1 heterocycles. The van der Waals surface area contributed by atoms with Gasteiger partial charge in [0, 0.05) is 17.6 Å². The fraction of sp³-hybridized carbons (Fsp3) is 0.286. The van der Waals surface area contributed by atoms with Crippen molar-refractivity contribution in [3.8, 4) is 0 Å². The van der Waals surface area contributed by atoms with Crippen molar-refractivity contribution in [2.45, 2.75) is 30.2 Å². The van der Waals surface area contributed by atoms with Gasteiger partial charge in [-0.05, 0) is 41.4 Å². The van der Waals surface area contributed by atoms with Crippen LogP contribution in [-0.4, -0.2) is 16.5 Å². The number of anilines is 1. The highest BCUT2D eigenvalue weighted by Crippen LogP contribution is 2.32. The van der Waals surface area contributed by atoms with Crippen LogP contribution in [0.5, 0.6) is 0 Å². The number of rotatable bonds is 5. The zero-order valence-corrected chi connectivity index (χ0v) is 13.4. The van der Waals surface area contributed by atoms with Crippen LogP contribution in [0.2, 0.25) is 0 Å². The van der Waals surface area contributed by atoms with E-state index in [1.54, 1.807) is 18.0 Å². The summed E-state index contributed by atoms with van der Waals surface area (Å²) in [6.07, 6.45) is 2.85. The van der Waals surface area contributed by atoms with Crippen molar-refractivity contribution < 1.29 is 0 Å². The molecule has 0 radical (unpaired) electrons. The summed E-state index contributed by atoms with van der Waals surface area (Å²) in [6.45, 7) is 5.10. The average Bonchev–Trinajstić information content (AvgIpc) is 2.40. The van der Waals surface area contributed by atoms with Gasteiger partial charge in [0.1, 0.15) is 5.03 Å². The van der Waals surface area contributed by atoms with Crippen LogP contribution in [0.1, 0.15) is 18.9 Å². The minimum atomic E-state index is 0.681. The lowest BCUT2D eigenvalue weighted by atomic mass is 10.2. The summed E-state index contributed by atoms with van der Waals surface area (Å²) in [5, 5.41) is 4.13. The predicted molar refractivity (Wildman–Crippen MR) is 83.8 cm³/mol. The summed E-state index contributed by atoms with van der Waals surface area (Å²) in [7, 11) is 0. The molecular weight excluding hydrogens is 322 g/mol. The SMILES string of the molecule is CCCNc1ncc(Br)c(Sc2cccc(C)c2)n1. The van der Waals surface area contributed by atoms with E-state index in [0.717, 1.165) is 22.5 Å². The molecule has 0 spiro atoms. The standard InChI is InChI=1S/C14H16BrN3S/c1-3-7-16-14-17-9-12(15)13(18-14)19-11-6-4-5-10(2)8-11/h4-6,8-9H,3,7H2,1-2H3,(H,16,17,18). The zero-order valence-electron chi connectivity index (χ0n) is 11.0. The summed E-state index contributed by atoms with van der Waals surface area (Å²) in [5.41, 5.74) is 1.25. The molecule has 2 aromatic rings.